The number of pyridine rings is 1. The van der Waals surface area contributed by atoms with E-state index in [9.17, 15) is 14.9 Å². The molecule has 42 heavy (non-hydrogen) atoms. The van der Waals surface area contributed by atoms with Gasteiger partial charge in [0.25, 0.3) is 0 Å². The highest BCUT2D eigenvalue weighted by Crippen LogP contribution is 2.36. The summed E-state index contributed by atoms with van der Waals surface area (Å²) in [6.07, 6.45) is 3.34. The van der Waals surface area contributed by atoms with Crippen LogP contribution in [-0.4, -0.2) is 21.9 Å². The number of aromatic nitrogens is 1. The molecule has 2 aromatic heterocycles. The summed E-state index contributed by atoms with van der Waals surface area (Å²) in [6.45, 7) is 3.80. The van der Waals surface area contributed by atoms with Crippen molar-refractivity contribution in [2.75, 3.05) is 5.32 Å². The molecule has 0 aliphatic rings. The maximum absolute atomic E-state index is 13.2. The molecule has 0 saturated carbocycles. The number of ketones is 1. The van der Waals surface area contributed by atoms with E-state index < -0.39 is 5.25 Å². The lowest BCUT2D eigenvalue weighted by Gasteiger charge is -2.16. The second-order valence-corrected chi connectivity index (χ2v) is 11.9. The van der Waals surface area contributed by atoms with Gasteiger partial charge in [0, 0.05) is 27.3 Å². The highest BCUT2D eigenvalue weighted by Gasteiger charge is 2.22. The Kier molecular flexibility index (Phi) is 9.08. The third-order valence-corrected chi connectivity index (χ3v) is 8.46. The fraction of sp³-hybridized carbons (Fsp3) is 0.0857. The molecule has 0 radical (unpaired) electrons. The van der Waals surface area contributed by atoms with Crippen molar-refractivity contribution in [2.24, 2.45) is 0 Å². The van der Waals surface area contributed by atoms with E-state index in [1.54, 1.807) is 54.7 Å². The van der Waals surface area contributed by atoms with Gasteiger partial charge in [-0.3, -0.25) is 9.59 Å². The van der Waals surface area contributed by atoms with E-state index in [1.165, 1.54) is 11.8 Å². The maximum Gasteiger partial charge on any atom is 0.237 e. The second kappa shape index (κ2) is 13.3. The highest BCUT2D eigenvalue weighted by atomic mass is 32.2. The highest BCUT2D eigenvalue weighted by molar-refractivity contribution is 8.00. The number of nitrogens with one attached hydrogen (secondary N) is 1. The van der Waals surface area contributed by atoms with E-state index in [2.05, 4.69) is 11.4 Å². The summed E-state index contributed by atoms with van der Waals surface area (Å²) >= 11 is 2.81. The van der Waals surface area contributed by atoms with Gasteiger partial charge in [-0.1, -0.05) is 78.0 Å². The Morgan fingerprint density at radius 3 is 2.40 bits per heavy atom. The summed E-state index contributed by atoms with van der Waals surface area (Å²) in [5.41, 5.74) is 5.99. The summed E-state index contributed by atoms with van der Waals surface area (Å²) < 4.78 is 0. The normalized spacial score (nSPS) is 11.6. The minimum absolute atomic E-state index is 0.108. The first kappa shape index (κ1) is 28.7. The fourth-order valence-corrected chi connectivity index (χ4v) is 5.88. The molecule has 0 aliphatic carbocycles. The Bertz CT molecular complexity index is 1790. The Morgan fingerprint density at radius 2 is 1.71 bits per heavy atom. The van der Waals surface area contributed by atoms with Crippen LogP contribution in [0.2, 0.25) is 0 Å². The molecule has 0 saturated heterocycles. The van der Waals surface area contributed by atoms with Crippen LogP contribution in [0.4, 0.5) is 5.69 Å². The number of benzene rings is 3. The number of aryl methyl sites for hydroxylation is 1. The first-order valence-corrected chi connectivity index (χ1v) is 15.1. The lowest BCUT2D eigenvalue weighted by Crippen LogP contribution is -2.22. The molecule has 0 spiro atoms. The fourth-order valence-electron chi connectivity index (χ4n) is 4.33. The van der Waals surface area contributed by atoms with Gasteiger partial charge in [-0.05, 0) is 73.3 Å². The third kappa shape index (κ3) is 6.92. The van der Waals surface area contributed by atoms with Gasteiger partial charge in [-0.2, -0.15) is 5.26 Å². The van der Waals surface area contributed by atoms with Crippen LogP contribution in [0, 0.1) is 18.3 Å². The number of rotatable bonds is 9. The van der Waals surface area contributed by atoms with Crippen molar-refractivity contribution in [3.05, 3.63) is 130 Å². The van der Waals surface area contributed by atoms with E-state index in [4.69, 9.17) is 4.98 Å². The van der Waals surface area contributed by atoms with Crippen LogP contribution in [0.3, 0.4) is 0 Å². The summed E-state index contributed by atoms with van der Waals surface area (Å²) in [4.78, 5) is 31.6. The summed E-state index contributed by atoms with van der Waals surface area (Å²) in [5, 5.41) is 15.0. The predicted octanol–water partition coefficient (Wildman–Crippen LogP) is 8.67. The molecule has 1 N–H and O–H groups in total. The van der Waals surface area contributed by atoms with E-state index >= 15 is 0 Å². The number of nitrogens with zero attached hydrogens (tertiary/aromatic N) is 2. The van der Waals surface area contributed by atoms with Gasteiger partial charge in [0.2, 0.25) is 5.91 Å². The van der Waals surface area contributed by atoms with Crippen LogP contribution in [0.25, 0.3) is 28.5 Å². The third-order valence-electron chi connectivity index (χ3n) is 6.53. The molecule has 0 fully saturated rings. The van der Waals surface area contributed by atoms with Crippen LogP contribution in [-0.2, 0) is 4.79 Å². The average Bonchev–Trinajstić information content (AvgIpc) is 3.54. The molecule has 1 amide bonds. The Morgan fingerprint density at radius 1 is 0.952 bits per heavy atom. The standard InChI is InChI=1S/C35H27N3O2S2/c1-23-8-6-11-27(20-23)30-21-32(25-9-4-3-5-10-25)38-35(31(30)22-36)42-24(2)34(40)37-28-15-13-26(14-16-28)33(39)18-17-29-12-7-19-41-29/h3-21,24H,1-2H3,(H,37,40)/b18-17+/t24-/m0/s1. The number of amides is 1. The molecule has 5 aromatic rings. The summed E-state index contributed by atoms with van der Waals surface area (Å²) in [5.74, 6) is -0.340. The van der Waals surface area contributed by atoms with Crippen molar-refractivity contribution in [3.8, 4) is 28.5 Å². The van der Waals surface area contributed by atoms with Gasteiger partial charge in [0.1, 0.15) is 11.1 Å². The zero-order chi connectivity index (χ0) is 29.5. The minimum Gasteiger partial charge on any atom is -0.325 e. The predicted molar refractivity (Wildman–Crippen MR) is 173 cm³/mol. The Balaban J connectivity index is 1.36. The summed E-state index contributed by atoms with van der Waals surface area (Å²) in [6, 6.07) is 32.8. The van der Waals surface area contributed by atoms with Gasteiger partial charge in [0.05, 0.1) is 16.5 Å². The van der Waals surface area contributed by atoms with Crippen molar-refractivity contribution >= 4 is 46.6 Å². The van der Waals surface area contributed by atoms with Crippen LogP contribution < -0.4 is 5.32 Å². The smallest absolute Gasteiger partial charge is 0.237 e. The van der Waals surface area contributed by atoms with Gasteiger partial charge in [0.15, 0.2) is 5.78 Å². The molecule has 5 rings (SSSR count). The monoisotopic (exact) mass is 585 g/mol. The van der Waals surface area contributed by atoms with E-state index in [0.717, 1.165) is 32.8 Å². The molecule has 0 bridgehead atoms. The van der Waals surface area contributed by atoms with Crippen molar-refractivity contribution in [1.82, 2.24) is 4.98 Å². The molecule has 1 atom stereocenters. The first-order chi connectivity index (χ1) is 20.4. The van der Waals surface area contributed by atoms with Crippen molar-refractivity contribution in [3.63, 3.8) is 0 Å². The molecule has 0 aliphatic heterocycles. The van der Waals surface area contributed by atoms with Crippen LogP contribution in [0.1, 0.15) is 33.3 Å². The largest absolute Gasteiger partial charge is 0.325 e. The number of hydrogen-bond acceptors (Lipinski definition) is 6. The Labute approximate surface area is 253 Å². The molecule has 5 nitrogen and oxygen atoms in total. The van der Waals surface area contributed by atoms with Gasteiger partial charge >= 0.3 is 0 Å². The van der Waals surface area contributed by atoms with Gasteiger partial charge in [-0.15, -0.1) is 11.3 Å². The Hall–Kier alpha value is -4.77. The zero-order valence-electron chi connectivity index (χ0n) is 23.1. The van der Waals surface area contributed by atoms with E-state index in [-0.39, 0.29) is 11.7 Å². The SMILES string of the molecule is Cc1cccc(-c2cc(-c3ccccc3)nc(S[C@@H](C)C(=O)Nc3ccc(C(=O)/C=C/c4cccs4)cc3)c2C#N)c1. The van der Waals surface area contributed by atoms with E-state index in [0.29, 0.717) is 21.8 Å². The molecular weight excluding hydrogens is 559 g/mol. The van der Waals surface area contributed by atoms with E-state index in [1.807, 2.05) is 85.1 Å². The number of thioether (sulfide) groups is 1. The average molecular weight is 586 g/mol. The number of anilines is 1. The van der Waals surface area contributed by atoms with Crippen molar-refractivity contribution in [2.45, 2.75) is 24.1 Å². The molecule has 7 heteroatoms. The number of nitriles is 1. The van der Waals surface area contributed by atoms with Gasteiger partial charge < -0.3 is 5.32 Å². The van der Waals surface area contributed by atoms with Gasteiger partial charge in [-0.25, -0.2) is 4.98 Å². The number of allylic oxidation sites excluding steroid dienone is 1. The number of thiophene rings is 1. The topological polar surface area (TPSA) is 82.8 Å². The summed E-state index contributed by atoms with van der Waals surface area (Å²) in [7, 11) is 0. The van der Waals surface area contributed by atoms with Crippen LogP contribution >= 0.6 is 23.1 Å². The van der Waals surface area contributed by atoms with Crippen molar-refractivity contribution < 1.29 is 9.59 Å². The molecule has 0 unspecified atom stereocenters. The number of hydrogen-bond donors (Lipinski definition) is 1. The maximum atomic E-state index is 13.2. The van der Waals surface area contributed by atoms with Crippen LogP contribution in [0.15, 0.2) is 114 Å². The molecular formula is C35H27N3O2S2. The molecule has 2 heterocycles. The lowest BCUT2D eigenvalue weighted by atomic mass is 9.98. The quantitative estimate of drug-likeness (QED) is 0.106. The number of carbonyl (C=O) groups excluding carboxylic acids is 2. The zero-order valence-corrected chi connectivity index (χ0v) is 24.7. The molecule has 206 valence electrons. The lowest BCUT2D eigenvalue weighted by molar-refractivity contribution is -0.115. The van der Waals surface area contributed by atoms with Crippen LogP contribution in [0.5, 0.6) is 0 Å². The van der Waals surface area contributed by atoms with Crippen molar-refractivity contribution in [1.29, 1.82) is 5.26 Å². The minimum atomic E-state index is -0.545. The second-order valence-electron chi connectivity index (χ2n) is 9.62. The first-order valence-electron chi connectivity index (χ1n) is 13.3. The molecule has 3 aromatic carbocycles. The number of carbonyl (C=O) groups is 2.